The highest BCUT2D eigenvalue weighted by molar-refractivity contribution is 6.35. The Balaban J connectivity index is 1.90. The molecule has 3 amide bonds. The van der Waals surface area contributed by atoms with Crippen molar-refractivity contribution in [1.29, 1.82) is 0 Å². The van der Waals surface area contributed by atoms with Crippen LogP contribution in [0.1, 0.15) is 20.8 Å². The van der Waals surface area contributed by atoms with Gasteiger partial charge in [-0.3, -0.25) is 10.1 Å². The molecule has 1 atom stereocenters. The second-order valence-electron chi connectivity index (χ2n) is 6.13. The van der Waals surface area contributed by atoms with Crippen molar-refractivity contribution in [2.75, 3.05) is 6.61 Å². The molecule has 8 heteroatoms. The molecule has 144 valence electrons. The quantitative estimate of drug-likeness (QED) is 0.737. The Kier molecular flexibility index (Phi) is 7.01. The number of carbonyl (C=O) groups excluding carboxylic acids is 3. The molecule has 7 nitrogen and oxygen atoms in total. The van der Waals surface area contributed by atoms with Crippen LogP contribution in [0.3, 0.4) is 0 Å². The third kappa shape index (κ3) is 5.86. The highest BCUT2D eigenvalue weighted by Gasteiger charge is 2.20. The van der Waals surface area contributed by atoms with Crippen LogP contribution in [0.4, 0.5) is 4.79 Å². The van der Waals surface area contributed by atoms with Gasteiger partial charge in [-0.1, -0.05) is 35.9 Å². The van der Waals surface area contributed by atoms with E-state index >= 15 is 0 Å². The van der Waals surface area contributed by atoms with Gasteiger partial charge < -0.3 is 14.8 Å². The Hall–Kier alpha value is -2.80. The van der Waals surface area contributed by atoms with E-state index in [0.717, 1.165) is 10.8 Å². The van der Waals surface area contributed by atoms with E-state index in [9.17, 15) is 14.4 Å². The molecule has 0 aliphatic heterocycles. The van der Waals surface area contributed by atoms with E-state index in [4.69, 9.17) is 21.1 Å². The average Bonchev–Trinajstić information content (AvgIpc) is 2.60. The zero-order valence-corrected chi connectivity index (χ0v) is 16.0. The molecular weight excluding hydrogens is 372 g/mol. The van der Waals surface area contributed by atoms with E-state index in [0.29, 0.717) is 10.8 Å². The summed E-state index contributed by atoms with van der Waals surface area (Å²) in [6.07, 6.45) is -1.14. The van der Waals surface area contributed by atoms with Gasteiger partial charge in [0.2, 0.25) is 0 Å². The second-order valence-corrected chi connectivity index (χ2v) is 6.54. The van der Waals surface area contributed by atoms with Crippen molar-refractivity contribution in [2.45, 2.75) is 32.9 Å². The molecule has 0 heterocycles. The van der Waals surface area contributed by atoms with Crippen LogP contribution in [0.15, 0.2) is 36.4 Å². The molecule has 0 saturated heterocycles. The summed E-state index contributed by atoms with van der Waals surface area (Å²) in [5, 5.41) is 6.73. The summed E-state index contributed by atoms with van der Waals surface area (Å²) in [5.74, 6) is -0.986. The largest absolute Gasteiger partial charge is 0.481 e. The summed E-state index contributed by atoms with van der Waals surface area (Å²) in [4.78, 5) is 35.3. The molecule has 27 heavy (non-hydrogen) atoms. The third-order valence-electron chi connectivity index (χ3n) is 3.51. The third-order valence-corrected chi connectivity index (χ3v) is 3.84. The van der Waals surface area contributed by atoms with Crippen LogP contribution >= 0.6 is 11.6 Å². The fraction of sp³-hybridized carbons (Fsp3) is 0.316. The number of nitrogens with one attached hydrogen (secondary N) is 2. The van der Waals surface area contributed by atoms with Crippen molar-refractivity contribution >= 4 is 40.3 Å². The number of halogens is 1. The summed E-state index contributed by atoms with van der Waals surface area (Å²) < 4.78 is 10.5. The molecule has 0 aliphatic rings. The predicted molar refractivity (Wildman–Crippen MR) is 102 cm³/mol. The Morgan fingerprint density at radius 1 is 1.04 bits per heavy atom. The molecule has 0 saturated carbocycles. The summed E-state index contributed by atoms with van der Waals surface area (Å²) >= 11 is 6.14. The number of rotatable bonds is 6. The number of carbonyl (C=O) groups is 3. The fourth-order valence-electron chi connectivity index (χ4n) is 2.29. The van der Waals surface area contributed by atoms with Crippen molar-refractivity contribution in [2.24, 2.45) is 0 Å². The maximum atomic E-state index is 11.9. The number of esters is 1. The van der Waals surface area contributed by atoms with Gasteiger partial charge in [0, 0.05) is 21.8 Å². The number of benzene rings is 2. The van der Waals surface area contributed by atoms with Crippen molar-refractivity contribution in [3.63, 3.8) is 0 Å². The van der Waals surface area contributed by atoms with Crippen LogP contribution in [0.5, 0.6) is 5.75 Å². The number of urea groups is 1. The first-order valence-electron chi connectivity index (χ1n) is 8.38. The number of fused-ring (bicyclic) bond motifs is 1. The lowest BCUT2D eigenvalue weighted by Crippen LogP contribution is -2.46. The summed E-state index contributed by atoms with van der Waals surface area (Å²) in [7, 11) is 0. The lowest BCUT2D eigenvalue weighted by atomic mass is 10.1. The van der Waals surface area contributed by atoms with Crippen LogP contribution in [0.25, 0.3) is 10.8 Å². The second kappa shape index (κ2) is 9.23. The van der Waals surface area contributed by atoms with E-state index in [2.05, 4.69) is 10.6 Å². The van der Waals surface area contributed by atoms with Crippen molar-refractivity contribution in [3.8, 4) is 5.75 Å². The molecule has 0 fully saturated rings. The minimum atomic E-state index is -1.14. The van der Waals surface area contributed by atoms with E-state index in [-0.39, 0.29) is 12.6 Å². The number of hydrogen-bond acceptors (Lipinski definition) is 5. The van der Waals surface area contributed by atoms with Gasteiger partial charge in [0.05, 0.1) is 0 Å². The average molecular weight is 393 g/mol. The molecule has 2 N–H and O–H groups in total. The molecule has 0 bridgehead atoms. The van der Waals surface area contributed by atoms with E-state index in [1.807, 2.05) is 24.3 Å². The lowest BCUT2D eigenvalue weighted by Gasteiger charge is -2.15. The normalized spacial score (nSPS) is 11.7. The lowest BCUT2D eigenvalue weighted by molar-refractivity contribution is -0.156. The molecule has 0 unspecified atom stereocenters. The van der Waals surface area contributed by atoms with Crippen molar-refractivity contribution < 1.29 is 23.9 Å². The predicted octanol–water partition coefficient (Wildman–Crippen LogP) is 3.04. The number of imide groups is 1. The van der Waals surface area contributed by atoms with Gasteiger partial charge in [0.15, 0.2) is 12.7 Å². The molecule has 0 spiro atoms. The number of amides is 3. The molecule has 0 aliphatic carbocycles. The van der Waals surface area contributed by atoms with Gasteiger partial charge in [-0.25, -0.2) is 9.59 Å². The maximum absolute atomic E-state index is 11.9. The van der Waals surface area contributed by atoms with Crippen LogP contribution in [-0.2, 0) is 14.3 Å². The van der Waals surface area contributed by atoms with Crippen LogP contribution < -0.4 is 15.4 Å². The first kappa shape index (κ1) is 20.5. The van der Waals surface area contributed by atoms with E-state index in [1.165, 1.54) is 6.92 Å². The molecule has 2 aromatic carbocycles. The molecule has 2 rings (SSSR count). The standard InChI is InChI=1S/C19H21ClN2O5/c1-11(2)21-19(25)22-18(24)12(3)27-17(23)10-26-16-9-8-15(20)13-6-4-5-7-14(13)16/h4-9,11-12H,10H2,1-3H3,(H2,21,22,24,25)/t12-/m0/s1. The van der Waals surface area contributed by atoms with Gasteiger partial charge in [-0.05, 0) is 32.9 Å². The maximum Gasteiger partial charge on any atom is 0.344 e. The molecular formula is C19H21ClN2O5. The van der Waals surface area contributed by atoms with Crippen LogP contribution in [0, 0.1) is 0 Å². The monoisotopic (exact) mass is 392 g/mol. The number of hydrogen-bond donors (Lipinski definition) is 2. The van der Waals surface area contributed by atoms with Crippen molar-refractivity contribution in [1.82, 2.24) is 10.6 Å². The Morgan fingerprint density at radius 2 is 1.70 bits per heavy atom. The first-order valence-corrected chi connectivity index (χ1v) is 8.76. The smallest absolute Gasteiger partial charge is 0.344 e. The summed E-state index contributed by atoms with van der Waals surface area (Å²) in [6, 6.07) is 9.90. The zero-order chi connectivity index (χ0) is 20.0. The van der Waals surface area contributed by atoms with Gasteiger partial charge in [-0.2, -0.15) is 0 Å². The SMILES string of the molecule is CC(C)NC(=O)NC(=O)[C@H](C)OC(=O)COc1ccc(Cl)c2ccccc12. The number of ether oxygens (including phenoxy) is 2. The van der Waals surface area contributed by atoms with E-state index < -0.39 is 24.0 Å². The van der Waals surface area contributed by atoms with Crippen molar-refractivity contribution in [3.05, 3.63) is 41.4 Å². The van der Waals surface area contributed by atoms with Gasteiger partial charge in [-0.15, -0.1) is 0 Å². The summed E-state index contributed by atoms with van der Waals surface area (Å²) in [5.41, 5.74) is 0. The highest BCUT2D eigenvalue weighted by Crippen LogP contribution is 2.31. The van der Waals surface area contributed by atoms with Gasteiger partial charge in [0.25, 0.3) is 5.91 Å². The van der Waals surface area contributed by atoms with Crippen LogP contribution in [0.2, 0.25) is 5.02 Å². The zero-order valence-electron chi connectivity index (χ0n) is 15.2. The topological polar surface area (TPSA) is 93.7 Å². The molecule has 0 radical (unpaired) electrons. The van der Waals surface area contributed by atoms with Gasteiger partial charge >= 0.3 is 12.0 Å². The van der Waals surface area contributed by atoms with E-state index in [1.54, 1.807) is 26.0 Å². The minimum absolute atomic E-state index is 0.127. The molecule has 0 aromatic heterocycles. The molecule has 2 aromatic rings. The Bertz CT molecular complexity index is 853. The van der Waals surface area contributed by atoms with Crippen LogP contribution in [-0.4, -0.2) is 36.7 Å². The Labute approximate surface area is 162 Å². The minimum Gasteiger partial charge on any atom is -0.481 e. The fourth-order valence-corrected chi connectivity index (χ4v) is 2.52. The first-order chi connectivity index (χ1) is 12.8. The summed E-state index contributed by atoms with van der Waals surface area (Å²) in [6.45, 7) is 4.49. The highest BCUT2D eigenvalue weighted by atomic mass is 35.5. The van der Waals surface area contributed by atoms with Gasteiger partial charge in [0.1, 0.15) is 5.75 Å². The Morgan fingerprint density at radius 3 is 2.37 bits per heavy atom.